The van der Waals surface area contributed by atoms with Crippen molar-refractivity contribution >= 4 is 5.97 Å². The SMILES string of the molecule is CC(C)C(O)c1ccccc1C(=O)O. The Balaban J connectivity index is 3.13. The summed E-state index contributed by atoms with van der Waals surface area (Å²) in [5.74, 6) is -0.990. The van der Waals surface area contributed by atoms with E-state index in [0.717, 1.165) is 0 Å². The molecule has 0 radical (unpaired) electrons. The van der Waals surface area contributed by atoms with Crippen LogP contribution in [0.5, 0.6) is 0 Å². The highest BCUT2D eigenvalue weighted by Gasteiger charge is 2.18. The molecule has 1 atom stereocenters. The molecule has 3 nitrogen and oxygen atoms in total. The quantitative estimate of drug-likeness (QED) is 0.774. The summed E-state index contributed by atoms with van der Waals surface area (Å²) >= 11 is 0. The van der Waals surface area contributed by atoms with E-state index in [0.29, 0.717) is 5.56 Å². The third-order valence-electron chi connectivity index (χ3n) is 2.14. The molecule has 0 bridgehead atoms. The van der Waals surface area contributed by atoms with Gasteiger partial charge in [-0.2, -0.15) is 0 Å². The van der Waals surface area contributed by atoms with E-state index in [1.165, 1.54) is 6.07 Å². The maximum absolute atomic E-state index is 10.8. The second kappa shape index (κ2) is 4.24. The van der Waals surface area contributed by atoms with Crippen LogP contribution in [-0.4, -0.2) is 16.2 Å². The number of hydrogen-bond donors (Lipinski definition) is 2. The van der Waals surface area contributed by atoms with E-state index in [2.05, 4.69) is 0 Å². The summed E-state index contributed by atoms with van der Waals surface area (Å²) in [6, 6.07) is 6.53. The van der Waals surface area contributed by atoms with E-state index in [4.69, 9.17) is 5.11 Å². The van der Waals surface area contributed by atoms with Gasteiger partial charge in [0.25, 0.3) is 0 Å². The average molecular weight is 194 g/mol. The Labute approximate surface area is 83.0 Å². The summed E-state index contributed by atoms with van der Waals surface area (Å²) < 4.78 is 0. The lowest BCUT2D eigenvalue weighted by Gasteiger charge is -2.16. The van der Waals surface area contributed by atoms with E-state index < -0.39 is 12.1 Å². The van der Waals surface area contributed by atoms with Gasteiger partial charge in [0.15, 0.2) is 0 Å². The molecule has 0 spiro atoms. The van der Waals surface area contributed by atoms with Gasteiger partial charge in [0.2, 0.25) is 0 Å². The zero-order valence-electron chi connectivity index (χ0n) is 8.27. The van der Waals surface area contributed by atoms with Crippen molar-refractivity contribution in [2.45, 2.75) is 20.0 Å². The first-order valence-electron chi connectivity index (χ1n) is 4.54. The first-order chi connectivity index (χ1) is 6.54. The number of carboxylic acid groups (broad SMARTS) is 1. The van der Waals surface area contributed by atoms with Crippen LogP contribution in [0, 0.1) is 5.92 Å². The summed E-state index contributed by atoms with van der Waals surface area (Å²) in [6.07, 6.45) is -0.720. The second-order valence-electron chi connectivity index (χ2n) is 3.58. The molecule has 2 N–H and O–H groups in total. The zero-order chi connectivity index (χ0) is 10.7. The largest absolute Gasteiger partial charge is 0.478 e. The Kier molecular flexibility index (Phi) is 3.25. The van der Waals surface area contributed by atoms with E-state index in [-0.39, 0.29) is 11.5 Å². The topological polar surface area (TPSA) is 57.5 Å². The van der Waals surface area contributed by atoms with Gasteiger partial charge in [-0.25, -0.2) is 4.79 Å². The Bertz CT molecular complexity index is 331. The van der Waals surface area contributed by atoms with Gasteiger partial charge in [-0.05, 0) is 17.5 Å². The van der Waals surface area contributed by atoms with Gasteiger partial charge in [0, 0.05) is 0 Å². The molecule has 0 aromatic heterocycles. The molecule has 0 aliphatic rings. The number of hydrogen-bond acceptors (Lipinski definition) is 2. The number of aliphatic hydroxyl groups excluding tert-OH is 1. The monoisotopic (exact) mass is 194 g/mol. The highest BCUT2D eigenvalue weighted by atomic mass is 16.4. The van der Waals surface area contributed by atoms with Gasteiger partial charge < -0.3 is 10.2 Å². The lowest BCUT2D eigenvalue weighted by Crippen LogP contribution is -2.11. The molecule has 0 saturated carbocycles. The van der Waals surface area contributed by atoms with E-state index in [9.17, 15) is 9.90 Å². The summed E-state index contributed by atoms with van der Waals surface area (Å²) in [4.78, 5) is 10.8. The Morgan fingerprint density at radius 1 is 1.29 bits per heavy atom. The van der Waals surface area contributed by atoms with Crippen molar-refractivity contribution in [3.63, 3.8) is 0 Å². The van der Waals surface area contributed by atoms with Crippen LogP contribution in [-0.2, 0) is 0 Å². The molecular formula is C11H14O3. The molecule has 0 amide bonds. The number of aliphatic hydroxyl groups is 1. The Morgan fingerprint density at radius 3 is 2.36 bits per heavy atom. The number of carbonyl (C=O) groups is 1. The Hall–Kier alpha value is -1.35. The average Bonchev–Trinajstić information content (AvgIpc) is 2.16. The van der Waals surface area contributed by atoms with Gasteiger partial charge in [-0.15, -0.1) is 0 Å². The van der Waals surface area contributed by atoms with Gasteiger partial charge in [-0.1, -0.05) is 32.0 Å². The first-order valence-corrected chi connectivity index (χ1v) is 4.54. The van der Waals surface area contributed by atoms with Crippen LogP contribution < -0.4 is 0 Å². The molecule has 1 aromatic rings. The van der Waals surface area contributed by atoms with Crippen molar-refractivity contribution in [1.29, 1.82) is 0 Å². The lowest BCUT2D eigenvalue weighted by atomic mass is 9.95. The normalized spacial score (nSPS) is 12.9. The fourth-order valence-corrected chi connectivity index (χ4v) is 1.31. The van der Waals surface area contributed by atoms with Crippen LogP contribution in [0.25, 0.3) is 0 Å². The van der Waals surface area contributed by atoms with Crippen molar-refractivity contribution in [1.82, 2.24) is 0 Å². The Morgan fingerprint density at radius 2 is 1.86 bits per heavy atom. The van der Waals surface area contributed by atoms with Crippen LogP contribution in [0.15, 0.2) is 24.3 Å². The number of rotatable bonds is 3. The highest BCUT2D eigenvalue weighted by molar-refractivity contribution is 5.89. The molecule has 0 saturated heterocycles. The molecule has 1 rings (SSSR count). The first kappa shape index (κ1) is 10.7. The van der Waals surface area contributed by atoms with Gasteiger partial charge in [-0.3, -0.25) is 0 Å². The molecule has 1 unspecified atom stereocenters. The number of aromatic carboxylic acids is 1. The zero-order valence-corrected chi connectivity index (χ0v) is 8.27. The van der Waals surface area contributed by atoms with E-state index in [1.807, 2.05) is 13.8 Å². The minimum atomic E-state index is -1.000. The summed E-state index contributed by atoms with van der Waals surface area (Å²) in [5.41, 5.74) is 0.656. The fraction of sp³-hybridized carbons (Fsp3) is 0.364. The molecule has 0 heterocycles. The van der Waals surface area contributed by atoms with Crippen LogP contribution in [0.1, 0.15) is 35.9 Å². The van der Waals surface area contributed by atoms with Crippen molar-refractivity contribution in [2.75, 3.05) is 0 Å². The van der Waals surface area contributed by atoms with Crippen LogP contribution >= 0.6 is 0 Å². The van der Waals surface area contributed by atoms with Crippen molar-refractivity contribution in [3.8, 4) is 0 Å². The lowest BCUT2D eigenvalue weighted by molar-refractivity contribution is 0.0682. The highest BCUT2D eigenvalue weighted by Crippen LogP contribution is 2.24. The molecule has 1 aromatic carbocycles. The maximum Gasteiger partial charge on any atom is 0.336 e. The standard InChI is InChI=1S/C11H14O3/c1-7(2)10(12)8-5-3-4-6-9(8)11(13)14/h3-7,10,12H,1-2H3,(H,13,14). The molecule has 76 valence electrons. The second-order valence-corrected chi connectivity index (χ2v) is 3.58. The van der Waals surface area contributed by atoms with Crippen LogP contribution in [0.4, 0.5) is 0 Å². The minimum Gasteiger partial charge on any atom is -0.478 e. The van der Waals surface area contributed by atoms with Gasteiger partial charge >= 0.3 is 5.97 Å². The van der Waals surface area contributed by atoms with Crippen molar-refractivity contribution < 1.29 is 15.0 Å². The molecule has 14 heavy (non-hydrogen) atoms. The maximum atomic E-state index is 10.8. The number of carboxylic acids is 1. The summed E-state index contributed by atoms with van der Waals surface area (Å²) in [7, 11) is 0. The molecule has 0 aliphatic carbocycles. The van der Waals surface area contributed by atoms with E-state index in [1.54, 1.807) is 18.2 Å². The molecule has 0 fully saturated rings. The predicted molar refractivity (Wildman–Crippen MR) is 53.2 cm³/mol. The summed E-state index contributed by atoms with van der Waals surface area (Å²) in [5, 5.41) is 18.6. The molecular weight excluding hydrogens is 180 g/mol. The van der Waals surface area contributed by atoms with Crippen LogP contribution in [0.3, 0.4) is 0 Å². The van der Waals surface area contributed by atoms with Crippen LogP contribution in [0.2, 0.25) is 0 Å². The number of benzene rings is 1. The van der Waals surface area contributed by atoms with Crippen molar-refractivity contribution in [2.24, 2.45) is 5.92 Å². The van der Waals surface area contributed by atoms with Gasteiger partial charge in [0.1, 0.15) is 0 Å². The fourth-order valence-electron chi connectivity index (χ4n) is 1.31. The van der Waals surface area contributed by atoms with Gasteiger partial charge in [0.05, 0.1) is 11.7 Å². The smallest absolute Gasteiger partial charge is 0.336 e. The minimum absolute atomic E-state index is 0.00972. The van der Waals surface area contributed by atoms with E-state index >= 15 is 0 Å². The predicted octanol–water partition coefficient (Wildman–Crippen LogP) is 2.07. The summed E-state index contributed by atoms with van der Waals surface area (Å²) in [6.45, 7) is 3.70. The van der Waals surface area contributed by atoms with Crippen molar-refractivity contribution in [3.05, 3.63) is 35.4 Å². The molecule has 3 heteroatoms. The third-order valence-corrected chi connectivity index (χ3v) is 2.14. The third kappa shape index (κ3) is 2.12. The molecule has 0 aliphatic heterocycles.